The van der Waals surface area contributed by atoms with Crippen LogP contribution in [0.1, 0.15) is 20.8 Å². The van der Waals surface area contributed by atoms with E-state index in [9.17, 15) is 4.79 Å². The second-order valence-corrected chi connectivity index (χ2v) is 3.26. The Labute approximate surface area is 61.2 Å². The Kier molecular flexibility index (Phi) is 1.68. The lowest BCUT2D eigenvalue weighted by Crippen LogP contribution is -2.51. The lowest BCUT2D eigenvalue weighted by molar-refractivity contribution is -0.119. The summed E-state index contributed by atoms with van der Waals surface area (Å²) < 4.78 is 0. The largest absolute Gasteiger partial charge is 0.337 e. The summed E-state index contributed by atoms with van der Waals surface area (Å²) in [6, 6.07) is 0. The predicted octanol–water partition coefficient (Wildman–Crippen LogP) is 0.0780. The number of nitrogens with one attached hydrogen (secondary N) is 2. The molecule has 0 saturated carbocycles. The molecule has 1 heterocycles. The highest BCUT2D eigenvalue weighted by Crippen LogP contribution is 2.15. The van der Waals surface area contributed by atoms with E-state index in [1.54, 1.807) is 0 Å². The van der Waals surface area contributed by atoms with Crippen molar-refractivity contribution in [2.75, 3.05) is 6.54 Å². The summed E-state index contributed by atoms with van der Waals surface area (Å²) in [5.74, 6) is 0.523. The average molecular weight is 142 g/mol. The fourth-order valence-electron chi connectivity index (χ4n) is 0.990. The molecule has 0 bridgehead atoms. The van der Waals surface area contributed by atoms with Gasteiger partial charge in [0.2, 0.25) is 5.91 Å². The van der Waals surface area contributed by atoms with E-state index in [0.29, 0.717) is 12.5 Å². The van der Waals surface area contributed by atoms with Crippen molar-refractivity contribution < 1.29 is 4.79 Å². The number of hydrogen-bond acceptors (Lipinski definition) is 2. The van der Waals surface area contributed by atoms with Gasteiger partial charge >= 0.3 is 0 Å². The average Bonchev–Trinajstić information content (AvgIpc) is 2.13. The summed E-state index contributed by atoms with van der Waals surface area (Å²) >= 11 is 0. The van der Waals surface area contributed by atoms with E-state index in [4.69, 9.17) is 0 Å². The van der Waals surface area contributed by atoms with Crippen LogP contribution in [-0.4, -0.2) is 18.1 Å². The maximum atomic E-state index is 10.8. The molecule has 2 N–H and O–H groups in total. The van der Waals surface area contributed by atoms with Gasteiger partial charge in [0, 0.05) is 0 Å². The molecule has 1 aliphatic rings. The monoisotopic (exact) mass is 142 g/mol. The van der Waals surface area contributed by atoms with Crippen molar-refractivity contribution in [3.8, 4) is 0 Å². The Morgan fingerprint density at radius 2 is 2.20 bits per heavy atom. The zero-order valence-corrected chi connectivity index (χ0v) is 6.69. The summed E-state index contributed by atoms with van der Waals surface area (Å²) in [6.07, 6.45) is 0. The van der Waals surface area contributed by atoms with E-state index in [1.165, 1.54) is 0 Å². The highest BCUT2D eigenvalue weighted by atomic mass is 16.2. The van der Waals surface area contributed by atoms with E-state index < -0.39 is 0 Å². The summed E-state index contributed by atoms with van der Waals surface area (Å²) in [5, 5.41) is 6.00. The molecule has 3 heteroatoms. The zero-order chi connectivity index (χ0) is 7.78. The minimum atomic E-state index is -0.183. The zero-order valence-electron chi connectivity index (χ0n) is 6.69. The molecular weight excluding hydrogens is 128 g/mol. The Bertz CT molecular complexity index is 156. The van der Waals surface area contributed by atoms with Crippen LogP contribution < -0.4 is 10.6 Å². The third kappa shape index (κ3) is 1.14. The van der Waals surface area contributed by atoms with Crippen molar-refractivity contribution in [2.45, 2.75) is 26.4 Å². The van der Waals surface area contributed by atoms with E-state index in [-0.39, 0.29) is 11.6 Å². The Morgan fingerprint density at radius 1 is 1.60 bits per heavy atom. The van der Waals surface area contributed by atoms with Crippen LogP contribution in [-0.2, 0) is 4.79 Å². The standard InChI is InChI=1S/C7H14N2O/c1-5(2)7(3)8-4-6(10)9-7/h5,8H,4H2,1-3H3,(H,9,10). The van der Waals surface area contributed by atoms with Crippen LogP contribution in [0.2, 0.25) is 0 Å². The van der Waals surface area contributed by atoms with Gasteiger partial charge in [-0.25, -0.2) is 0 Å². The lowest BCUT2D eigenvalue weighted by atomic mass is 10.00. The molecule has 10 heavy (non-hydrogen) atoms. The summed E-state index contributed by atoms with van der Waals surface area (Å²) in [7, 11) is 0. The fourth-order valence-corrected chi connectivity index (χ4v) is 0.990. The van der Waals surface area contributed by atoms with Crippen LogP contribution in [0.3, 0.4) is 0 Å². The predicted molar refractivity (Wildman–Crippen MR) is 39.4 cm³/mol. The molecule has 1 rings (SSSR count). The van der Waals surface area contributed by atoms with Crippen LogP contribution >= 0.6 is 0 Å². The first-order valence-electron chi connectivity index (χ1n) is 3.60. The van der Waals surface area contributed by atoms with Crippen LogP contribution in [0.5, 0.6) is 0 Å². The molecule has 1 fully saturated rings. The SMILES string of the molecule is CC(C)C1(C)NCC(=O)N1. The normalized spacial score (nSPS) is 33.0. The van der Waals surface area contributed by atoms with Gasteiger partial charge in [-0.2, -0.15) is 0 Å². The molecule has 0 aromatic rings. The molecule has 1 atom stereocenters. The van der Waals surface area contributed by atoms with Gasteiger partial charge in [-0.1, -0.05) is 13.8 Å². The molecule has 0 aromatic heterocycles. The Morgan fingerprint density at radius 3 is 2.40 bits per heavy atom. The van der Waals surface area contributed by atoms with Gasteiger partial charge in [0.05, 0.1) is 12.2 Å². The van der Waals surface area contributed by atoms with Gasteiger partial charge in [0.25, 0.3) is 0 Å². The summed E-state index contributed by atoms with van der Waals surface area (Å²) in [4.78, 5) is 10.8. The summed E-state index contributed by atoms with van der Waals surface area (Å²) in [5.41, 5.74) is -0.183. The fraction of sp³-hybridized carbons (Fsp3) is 0.857. The molecule has 0 spiro atoms. The van der Waals surface area contributed by atoms with Gasteiger partial charge < -0.3 is 5.32 Å². The first-order chi connectivity index (χ1) is 4.54. The van der Waals surface area contributed by atoms with Gasteiger partial charge in [-0.05, 0) is 12.8 Å². The molecule has 3 nitrogen and oxygen atoms in total. The van der Waals surface area contributed by atoms with Crippen molar-refractivity contribution >= 4 is 5.91 Å². The molecule has 1 unspecified atom stereocenters. The van der Waals surface area contributed by atoms with Crippen molar-refractivity contribution in [3.05, 3.63) is 0 Å². The van der Waals surface area contributed by atoms with E-state index in [0.717, 1.165) is 0 Å². The second kappa shape index (κ2) is 2.23. The Balaban J connectivity index is 2.63. The quantitative estimate of drug-likeness (QED) is 0.544. The highest BCUT2D eigenvalue weighted by Gasteiger charge is 2.34. The molecule has 58 valence electrons. The van der Waals surface area contributed by atoms with Crippen molar-refractivity contribution in [1.82, 2.24) is 10.6 Å². The van der Waals surface area contributed by atoms with Crippen molar-refractivity contribution in [3.63, 3.8) is 0 Å². The molecule has 0 aromatic carbocycles. The number of amides is 1. The minimum Gasteiger partial charge on any atom is -0.337 e. The van der Waals surface area contributed by atoms with Crippen LogP contribution in [0.4, 0.5) is 0 Å². The second-order valence-electron chi connectivity index (χ2n) is 3.26. The molecule has 1 aliphatic heterocycles. The smallest absolute Gasteiger partial charge is 0.235 e. The molecule has 1 saturated heterocycles. The van der Waals surface area contributed by atoms with Crippen LogP contribution in [0.15, 0.2) is 0 Å². The number of rotatable bonds is 1. The van der Waals surface area contributed by atoms with E-state index in [1.807, 2.05) is 6.92 Å². The Hall–Kier alpha value is -0.570. The maximum Gasteiger partial charge on any atom is 0.235 e. The van der Waals surface area contributed by atoms with Crippen LogP contribution in [0, 0.1) is 5.92 Å². The van der Waals surface area contributed by atoms with Crippen LogP contribution in [0.25, 0.3) is 0 Å². The van der Waals surface area contributed by atoms with Gasteiger partial charge in [-0.3, -0.25) is 10.1 Å². The number of carbonyl (C=O) groups excluding carboxylic acids is 1. The highest BCUT2D eigenvalue weighted by molar-refractivity contribution is 5.81. The third-order valence-corrected chi connectivity index (χ3v) is 2.17. The molecule has 0 radical (unpaired) electrons. The minimum absolute atomic E-state index is 0.0937. The number of hydrogen-bond donors (Lipinski definition) is 2. The van der Waals surface area contributed by atoms with Gasteiger partial charge in [0.15, 0.2) is 0 Å². The maximum absolute atomic E-state index is 10.8. The van der Waals surface area contributed by atoms with Crippen molar-refractivity contribution in [1.29, 1.82) is 0 Å². The lowest BCUT2D eigenvalue weighted by Gasteiger charge is -2.28. The summed E-state index contributed by atoms with van der Waals surface area (Å²) in [6.45, 7) is 6.62. The first kappa shape index (κ1) is 7.54. The number of carbonyl (C=O) groups is 1. The molecular formula is C7H14N2O. The third-order valence-electron chi connectivity index (χ3n) is 2.17. The van der Waals surface area contributed by atoms with E-state index >= 15 is 0 Å². The van der Waals surface area contributed by atoms with Gasteiger partial charge in [-0.15, -0.1) is 0 Å². The van der Waals surface area contributed by atoms with Crippen molar-refractivity contribution in [2.24, 2.45) is 5.92 Å². The first-order valence-corrected chi connectivity index (χ1v) is 3.60. The molecule has 0 aliphatic carbocycles. The topological polar surface area (TPSA) is 41.1 Å². The van der Waals surface area contributed by atoms with Gasteiger partial charge in [0.1, 0.15) is 0 Å². The molecule has 1 amide bonds. The van der Waals surface area contributed by atoms with E-state index in [2.05, 4.69) is 24.5 Å².